The minimum atomic E-state index is -1.15. The van der Waals surface area contributed by atoms with E-state index in [1.807, 2.05) is 24.3 Å². The normalized spacial score (nSPS) is 11.9. The Kier molecular flexibility index (Phi) is 5.10. The summed E-state index contributed by atoms with van der Waals surface area (Å²) >= 11 is 0. The lowest BCUT2D eigenvalue weighted by Crippen LogP contribution is -2.34. The first kappa shape index (κ1) is 14.5. The molecule has 3 nitrogen and oxygen atoms in total. The highest BCUT2D eigenvalue weighted by atomic mass is 16.5. The van der Waals surface area contributed by atoms with E-state index >= 15 is 0 Å². The zero-order valence-corrected chi connectivity index (χ0v) is 11.1. The Hall–Kier alpha value is -1.61. The molecule has 98 valence electrons. The van der Waals surface area contributed by atoms with Gasteiger partial charge in [0.05, 0.1) is 6.61 Å². The van der Waals surface area contributed by atoms with Gasteiger partial charge in [0.1, 0.15) is 0 Å². The molecule has 0 saturated heterocycles. The molecule has 1 aromatic rings. The smallest absolute Gasteiger partial charge is 0.335 e. The number of carbonyl (C=O) groups is 1. The molecule has 0 aliphatic rings. The third kappa shape index (κ3) is 4.34. The van der Waals surface area contributed by atoms with Crippen LogP contribution in [0.15, 0.2) is 30.3 Å². The van der Waals surface area contributed by atoms with Crippen LogP contribution in [-0.2, 0) is 16.1 Å². The van der Waals surface area contributed by atoms with Crippen LogP contribution in [0.4, 0.5) is 0 Å². The van der Waals surface area contributed by atoms with E-state index in [4.69, 9.17) is 9.84 Å². The van der Waals surface area contributed by atoms with Gasteiger partial charge >= 0.3 is 5.97 Å². The van der Waals surface area contributed by atoms with E-state index in [-0.39, 0.29) is 0 Å². The van der Waals surface area contributed by atoms with Crippen LogP contribution in [0.2, 0.25) is 0 Å². The monoisotopic (exact) mass is 248 g/mol. The Morgan fingerprint density at radius 1 is 1.33 bits per heavy atom. The first-order valence-corrected chi connectivity index (χ1v) is 6.08. The number of aliphatic carboxylic acids is 1. The van der Waals surface area contributed by atoms with Crippen molar-refractivity contribution in [2.75, 3.05) is 0 Å². The van der Waals surface area contributed by atoms with Crippen molar-refractivity contribution in [2.45, 2.75) is 39.4 Å². The molecule has 3 heteroatoms. The summed E-state index contributed by atoms with van der Waals surface area (Å²) in [5.41, 5.74) is 0.955. The van der Waals surface area contributed by atoms with Crippen molar-refractivity contribution >= 4 is 12.0 Å². The van der Waals surface area contributed by atoms with Crippen molar-refractivity contribution in [2.24, 2.45) is 0 Å². The number of carboxylic acid groups (broad SMARTS) is 1. The molecule has 0 aromatic heterocycles. The summed E-state index contributed by atoms with van der Waals surface area (Å²) in [6.45, 7) is 5.49. The summed E-state index contributed by atoms with van der Waals surface area (Å²) in [6, 6.07) is 7.90. The van der Waals surface area contributed by atoms with E-state index in [1.54, 1.807) is 13.8 Å². The van der Waals surface area contributed by atoms with Gasteiger partial charge in [-0.15, -0.1) is 0 Å². The van der Waals surface area contributed by atoms with Gasteiger partial charge in [-0.3, -0.25) is 0 Å². The molecule has 0 aliphatic carbocycles. The molecule has 1 rings (SSSR count). The fraction of sp³-hybridized carbons (Fsp3) is 0.400. The SMILES string of the molecule is CC/C=C/c1ccc(COC(C)(C)C(=O)O)cc1. The Morgan fingerprint density at radius 2 is 1.94 bits per heavy atom. The fourth-order valence-electron chi connectivity index (χ4n) is 1.30. The maximum Gasteiger partial charge on any atom is 0.335 e. The Morgan fingerprint density at radius 3 is 2.44 bits per heavy atom. The number of ether oxygens (including phenoxy) is 1. The number of carboxylic acids is 1. The lowest BCUT2D eigenvalue weighted by molar-refractivity contribution is -0.162. The minimum Gasteiger partial charge on any atom is -0.479 e. The highest BCUT2D eigenvalue weighted by Crippen LogP contribution is 2.14. The summed E-state index contributed by atoms with van der Waals surface area (Å²) in [5.74, 6) is -0.954. The molecule has 1 aromatic carbocycles. The summed E-state index contributed by atoms with van der Waals surface area (Å²) < 4.78 is 5.38. The number of hydrogen-bond acceptors (Lipinski definition) is 2. The lowest BCUT2D eigenvalue weighted by atomic mass is 10.1. The molecule has 0 spiro atoms. The van der Waals surface area contributed by atoms with Crippen LogP contribution in [0.25, 0.3) is 6.08 Å². The number of hydrogen-bond donors (Lipinski definition) is 1. The minimum absolute atomic E-state index is 0.303. The maximum atomic E-state index is 10.9. The van der Waals surface area contributed by atoms with E-state index in [9.17, 15) is 4.79 Å². The molecular formula is C15H20O3. The average molecular weight is 248 g/mol. The summed E-state index contributed by atoms with van der Waals surface area (Å²) in [4.78, 5) is 10.9. The van der Waals surface area contributed by atoms with Crippen molar-refractivity contribution in [3.05, 3.63) is 41.5 Å². The van der Waals surface area contributed by atoms with Crippen LogP contribution in [0.1, 0.15) is 38.3 Å². The molecule has 0 atom stereocenters. The summed E-state index contributed by atoms with van der Waals surface area (Å²) in [5, 5.41) is 8.93. The van der Waals surface area contributed by atoms with Crippen molar-refractivity contribution in [3.63, 3.8) is 0 Å². The van der Waals surface area contributed by atoms with E-state index in [2.05, 4.69) is 19.1 Å². The van der Waals surface area contributed by atoms with Gasteiger partial charge in [-0.2, -0.15) is 0 Å². The molecule has 1 N–H and O–H groups in total. The van der Waals surface area contributed by atoms with Gasteiger partial charge in [-0.05, 0) is 31.4 Å². The van der Waals surface area contributed by atoms with Gasteiger partial charge in [0, 0.05) is 0 Å². The van der Waals surface area contributed by atoms with Gasteiger partial charge in [0.2, 0.25) is 0 Å². The third-order valence-corrected chi connectivity index (χ3v) is 2.64. The molecule has 0 aliphatic heterocycles. The number of rotatable bonds is 6. The highest BCUT2D eigenvalue weighted by molar-refractivity contribution is 5.76. The standard InChI is InChI=1S/C15H20O3/c1-4-5-6-12-7-9-13(10-8-12)11-18-15(2,3)14(16)17/h5-10H,4,11H2,1-3H3,(H,16,17)/b6-5+. The van der Waals surface area contributed by atoms with Crippen LogP contribution in [-0.4, -0.2) is 16.7 Å². The molecule has 0 bridgehead atoms. The highest BCUT2D eigenvalue weighted by Gasteiger charge is 2.27. The molecule has 18 heavy (non-hydrogen) atoms. The zero-order valence-electron chi connectivity index (χ0n) is 11.1. The van der Waals surface area contributed by atoms with Crippen molar-refractivity contribution in [3.8, 4) is 0 Å². The van der Waals surface area contributed by atoms with Gasteiger partial charge in [-0.1, -0.05) is 43.3 Å². The van der Waals surface area contributed by atoms with Crippen molar-refractivity contribution < 1.29 is 14.6 Å². The van der Waals surface area contributed by atoms with Gasteiger partial charge in [0.15, 0.2) is 5.60 Å². The first-order valence-electron chi connectivity index (χ1n) is 6.08. The van der Waals surface area contributed by atoms with E-state index in [1.165, 1.54) is 0 Å². The second kappa shape index (κ2) is 6.36. The third-order valence-electron chi connectivity index (χ3n) is 2.64. The predicted molar refractivity (Wildman–Crippen MR) is 72.3 cm³/mol. The molecule has 0 unspecified atom stereocenters. The lowest BCUT2D eigenvalue weighted by Gasteiger charge is -2.20. The second-order valence-electron chi connectivity index (χ2n) is 4.66. The average Bonchev–Trinajstić information content (AvgIpc) is 2.35. The Labute approximate surface area is 108 Å². The van der Waals surface area contributed by atoms with Crippen LogP contribution in [0, 0.1) is 0 Å². The van der Waals surface area contributed by atoms with Crippen LogP contribution < -0.4 is 0 Å². The molecular weight excluding hydrogens is 228 g/mol. The van der Waals surface area contributed by atoms with E-state index in [0.29, 0.717) is 6.61 Å². The molecule has 0 amide bonds. The molecule has 0 fully saturated rings. The Balaban J connectivity index is 2.59. The molecule has 0 saturated carbocycles. The largest absolute Gasteiger partial charge is 0.479 e. The quantitative estimate of drug-likeness (QED) is 0.838. The summed E-state index contributed by atoms with van der Waals surface area (Å²) in [7, 11) is 0. The molecule has 0 radical (unpaired) electrons. The van der Waals surface area contributed by atoms with Gasteiger partial charge in [0.25, 0.3) is 0 Å². The number of benzene rings is 1. The van der Waals surface area contributed by atoms with Gasteiger partial charge < -0.3 is 9.84 Å². The van der Waals surface area contributed by atoms with Crippen molar-refractivity contribution in [1.29, 1.82) is 0 Å². The second-order valence-corrected chi connectivity index (χ2v) is 4.66. The Bertz CT molecular complexity index is 416. The molecule has 0 heterocycles. The van der Waals surface area contributed by atoms with Crippen LogP contribution in [0.3, 0.4) is 0 Å². The fourth-order valence-corrected chi connectivity index (χ4v) is 1.30. The van der Waals surface area contributed by atoms with Crippen LogP contribution in [0.5, 0.6) is 0 Å². The summed E-state index contributed by atoms with van der Waals surface area (Å²) in [6.07, 6.45) is 5.17. The maximum absolute atomic E-state index is 10.9. The van der Waals surface area contributed by atoms with Crippen molar-refractivity contribution in [1.82, 2.24) is 0 Å². The van der Waals surface area contributed by atoms with E-state index < -0.39 is 11.6 Å². The first-order chi connectivity index (χ1) is 8.45. The number of allylic oxidation sites excluding steroid dienone is 1. The zero-order chi connectivity index (χ0) is 13.6. The van der Waals surface area contributed by atoms with Crippen LogP contribution >= 0.6 is 0 Å². The van der Waals surface area contributed by atoms with E-state index in [0.717, 1.165) is 17.5 Å². The van der Waals surface area contributed by atoms with Gasteiger partial charge in [-0.25, -0.2) is 4.79 Å². The topological polar surface area (TPSA) is 46.5 Å². The predicted octanol–water partition coefficient (Wildman–Crippen LogP) is 3.49.